The van der Waals surface area contributed by atoms with Gasteiger partial charge in [-0.25, -0.2) is 4.99 Å². The Labute approximate surface area is 252 Å². The lowest BCUT2D eigenvalue weighted by atomic mass is 9.96. The van der Waals surface area contributed by atoms with Crippen LogP contribution in [0.5, 0.6) is 0 Å². The van der Waals surface area contributed by atoms with Gasteiger partial charge in [-0.3, -0.25) is 0 Å². The zero-order chi connectivity index (χ0) is 28.8. The van der Waals surface area contributed by atoms with Gasteiger partial charge >= 0.3 is 0 Å². The molecule has 4 aromatic rings. The van der Waals surface area contributed by atoms with E-state index >= 15 is 0 Å². The predicted octanol–water partition coefficient (Wildman–Crippen LogP) is 6.79. The number of nitrogens with zero attached hydrogens (tertiary/aromatic N) is 1. The second-order valence-corrected chi connectivity index (χ2v) is 10.3. The van der Waals surface area contributed by atoms with Crippen LogP contribution in [0.25, 0.3) is 0 Å². The molecule has 1 fully saturated rings. The number of benzene rings is 4. The molecule has 216 valence electrons. The first-order chi connectivity index (χ1) is 20.8. The highest BCUT2D eigenvalue weighted by Crippen LogP contribution is 2.31. The third-order valence-electron chi connectivity index (χ3n) is 7.04. The van der Waals surface area contributed by atoms with Gasteiger partial charge in [-0.15, -0.1) is 0 Å². The van der Waals surface area contributed by atoms with Gasteiger partial charge in [0.25, 0.3) is 0 Å². The van der Waals surface area contributed by atoms with Crippen LogP contribution in [0, 0.1) is 0 Å². The second-order valence-electron chi connectivity index (χ2n) is 10.1. The largest absolute Gasteiger partial charge is 0.374 e. The molecule has 42 heavy (non-hydrogen) atoms. The zero-order valence-corrected chi connectivity index (χ0v) is 24.2. The molecule has 0 bridgehead atoms. The monoisotopic (exact) mass is 581 g/mol. The van der Waals surface area contributed by atoms with Crippen LogP contribution in [0.1, 0.15) is 22.3 Å². The highest BCUT2D eigenvalue weighted by Gasteiger charge is 2.48. The molecule has 0 N–H and O–H groups in total. The maximum atomic E-state index is 6.59. The molecule has 1 aliphatic heterocycles. The molecule has 1 aliphatic rings. The topological polar surface area (TPSA) is 58.5 Å². The summed E-state index contributed by atoms with van der Waals surface area (Å²) in [7, 11) is 0. The molecule has 6 nitrogen and oxygen atoms in total. The molecule has 5 atom stereocenters. The molecule has 0 spiro atoms. The zero-order valence-electron chi connectivity index (χ0n) is 23.4. The van der Waals surface area contributed by atoms with Crippen molar-refractivity contribution in [3.8, 4) is 0 Å². The Balaban J connectivity index is 1.40. The van der Waals surface area contributed by atoms with Gasteiger partial charge in [0.1, 0.15) is 24.4 Å². The summed E-state index contributed by atoms with van der Waals surface area (Å²) in [6, 6.07) is 39.5. The van der Waals surface area contributed by atoms with Crippen molar-refractivity contribution in [2.45, 2.75) is 57.1 Å². The van der Waals surface area contributed by atoms with E-state index in [-0.39, 0.29) is 6.61 Å². The van der Waals surface area contributed by atoms with Crippen molar-refractivity contribution in [1.29, 1.82) is 0 Å². The Morgan fingerprint density at radius 1 is 0.571 bits per heavy atom. The van der Waals surface area contributed by atoms with E-state index in [0.29, 0.717) is 26.4 Å². The first-order valence-corrected chi connectivity index (χ1v) is 14.5. The molecule has 0 unspecified atom stereocenters. The third-order valence-corrected chi connectivity index (χ3v) is 7.14. The van der Waals surface area contributed by atoms with Crippen LogP contribution in [-0.2, 0) is 50.1 Å². The minimum atomic E-state index is -0.747. The molecule has 0 amide bonds. The number of thiocarbonyl (C=S) groups is 1. The third kappa shape index (κ3) is 8.74. The molecule has 0 aliphatic carbocycles. The molecule has 0 aromatic heterocycles. The van der Waals surface area contributed by atoms with Gasteiger partial charge in [0.2, 0.25) is 0 Å². The maximum Gasteiger partial charge on any atom is 0.184 e. The molecular weight excluding hydrogens is 546 g/mol. The molecule has 7 heteroatoms. The average molecular weight is 582 g/mol. The predicted molar refractivity (Wildman–Crippen MR) is 165 cm³/mol. The van der Waals surface area contributed by atoms with Gasteiger partial charge in [-0.05, 0) is 34.5 Å². The summed E-state index contributed by atoms with van der Waals surface area (Å²) in [4.78, 5) is 4.51. The Kier molecular flexibility index (Phi) is 11.6. The first kappa shape index (κ1) is 30.0. The van der Waals surface area contributed by atoms with E-state index < -0.39 is 30.6 Å². The van der Waals surface area contributed by atoms with Crippen molar-refractivity contribution in [2.75, 3.05) is 6.61 Å². The summed E-state index contributed by atoms with van der Waals surface area (Å²) in [6.07, 6.45) is -2.29. The lowest BCUT2D eigenvalue weighted by molar-refractivity contribution is -0.288. The van der Waals surface area contributed by atoms with Crippen molar-refractivity contribution < 1.29 is 23.7 Å². The van der Waals surface area contributed by atoms with Gasteiger partial charge < -0.3 is 23.7 Å². The average Bonchev–Trinajstić information content (AvgIpc) is 3.05. The van der Waals surface area contributed by atoms with E-state index in [2.05, 4.69) is 10.2 Å². The molecule has 4 aromatic carbocycles. The summed E-state index contributed by atoms with van der Waals surface area (Å²) >= 11 is 5.08. The number of isothiocyanates is 1. The van der Waals surface area contributed by atoms with Crippen molar-refractivity contribution in [1.82, 2.24) is 0 Å². The number of aliphatic imine (C=N–C) groups is 1. The minimum Gasteiger partial charge on any atom is -0.374 e. The van der Waals surface area contributed by atoms with E-state index in [1.807, 2.05) is 121 Å². The van der Waals surface area contributed by atoms with Crippen molar-refractivity contribution in [3.63, 3.8) is 0 Å². The summed E-state index contributed by atoms with van der Waals surface area (Å²) < 4.78 is 32.2. The van der Waals surface area contributed by atoms with Gasteiger partial charge in [0.05, 0.1) is 38.2 Å². The Morgan fingerprint density at radius 2 is 1.00 bits per heavy atom. The summed E-state index contributed by atoms with van der Waals surface area (Å²) in [5.41, 5.74) is 4.18. The number of ether oxygens (including phenoxy) is 5. The fourth-order valence-corrected chi connectivity index (χ4v) is 5.03. The van der Waals surface area contributed by atoms with Crippen molar-refractivity contribution >= 4 is 17.4 Å². The highest BCUT2D eigenvalue weighted by molar-refractivity contribution is 7.78. The van der Waals surface area contributed by atoms with Gasteiger partial charge in [0, 0.05) is 0 Å². The molecule has 0 radical (unpaired) electrons. The lowest BCUT2D eigenvalue weighted by Crippen LogP contribution is -2.60. The highest BCUT2D eigenvalue weighted by atomic mass is 32.1. The number of hydrogen-bond donors (Lipinski definition) is 0. The van der Waals surface area contributed by atoms with E-state index in [1.165, 1.54) is 0 Å². The maximum absolute atomic E-state index is 6.59. The van der Waals surface area contributed by atoms with Gasteiger partial charge in [-0.1, -0.05) is 121 Å². The standard InChI is InChI=1S/C35H35NO5S/c42-26-36-32-34(39-23-29-17-9-3-10-18-29)33(38-22-28-15-7-2-8-16-28)31(25-37-21-27-13-5-1-6-14-27)41-35(32)40-24-30-19-11-4-12-20-30/h1-20,31-35H,21-25H2/t31-,32-,33-,34-,35-/m1/s1. The van der Waals surface area contributed by atoms with Crippen LogP contribution in [0.15, 0.2) is 126 Å². The Bertz CT molecular complexity index is 1370. The minimum absolute atomic E-state index is 0.277. The van der Waals surface area contributed by atoms with Gasteiger partial charge in [0.15, 0.2) is 6.29 Å². The summed E-state index contributed by atoms with van der Waals surface area (Å²) in [5.74, 6) is 0. The van der Waals surface area contributed by atoms with Gasteiger partial charge in [-0.2, -0.15) is 0 Å². The fourth-order valence-electron chi connectivity index (χ4n) is 4.91. The molecule has 5 rings (SSSR count). The summed E-state index contributed by atoms with van der Waals surface area (Å²) in [6.45, 7) is 1.80. The van der Waals surface area contributed by atoms with Crippen LogP contribution in [-0.4, -0.2) is 42.4 Å². The van der Waals surface area contributed by atoms with E-state index in [4.69, 9.17) is 35.9 Å². The number of rotatable bonds is 14. The Hall–Kier alpha value is -3.52. The van der Waals surface area contributed by atoms with Crippen molar-refractivity contribution in [3.05, 3.63) is 144 Å². The smallest absolute Gasteiger partial charge is 0.184 e. The van der Waals surface area contributed by atoms with E-state index in [9.17, 15) is 0 Å². The number of hydrogen-bond acceptors (Lipinski definition) is 7. The normalized spacial score (nSPS) is 21.9. The second kappa shape index (κ2) is 16.2. The van der Waals surface area contributed by atoms with E-state index in [1.54, 1.807) is 0 Å². The molecule has 1 heterocycles. The molecular formula is C35H35NO5S. The van der Waals surface area contributed by atoms with Crippen LogP contribution in [0.4, 0.5) is 0 Å². The Morgan fingerprint density at radius 3 is 1.48 bits per heavy atom. The summed E-state index contributed by atoms with van der Waals surface area (Å²) in [5, 5.41) is 2.55. The molecule has 0 saturated carbocycles. The molecule has 1 saturated heterocycles. The quantitative estimate of drug-likeness (QED) is 0.121. The van der Waals surface area contributed by atoms with E-state index in [0.717, 1.165) is 22.3 Å². The SMILES string of the molecule is S=C=N[C@H]1[C@H](OCc2ccccc2)O[C@H](COCc2ccccc2)[C@@H](OCc2ccccc2)[C@@H]1OCc1ccccc1. The first-order valence-electron chi connectivity index (χ1n) is 14.1. The fraction of sp³-hybridized carbons (Fsp3) is 0.286. The van der Waals surface area contributed by atoms with Crippen LogP contribution < -0.4 is 0 Å². The van der Waals surface area contributed by atoms with Crippen molar-refractivity contribution in [2.24, 2.45) is 4.99 Å². The van der Waals surface area contributed by atoms with Crippen LogP contribution in [0.2, 0.25) is 0 Å². The van der Waals surface area contributed by atoms with Crippen LogP contribution in [0.3, 0.4) is 0 Å². The van der Waals surface area contributed by atoms with Crippen LogP contribution >= 0.6 is 12.2 Å². The lowest BCUT2D eigenvalue weighted by Gasteiger charge is -2.44.